The van der Waals surface area contributed by atoms with Gasteiger partial charge in [-0.2, -0.15) is 0 Å². The molecule has 0 unspecified atom stereocenters. The summed E-state index contributed by atoms with van der Waals surface area (Å²) in [7, 11) is 0. The summed E-state index contributed by atoms with van der Waals surface area (Å²) in [6.45, 7) is 0. The van der Waals surface area contributed by atoms with Crippen molar-refractivity contribution in [2.45, 2.75) is 19.6 Å². The highest BCUT2D eigenvalue weighted by Gasteiger charge is 2.40. The molecule has 6 heteroatoms. The van der Waals surface area contributed by atoms with Crippen LogP contribution in [0, 0.1) is 0 Å². The van der Waals surface area contributed by atoms with Gasteiger partial charge in [-0.15, -0.1) is 0 Å². The molecule has 8 rings (SSSR count). The molecule has 6 aromatic carbocycles. The van der Waals surface area contributed by atoms with Crippen LogP contribution in [0.4, 0.5) is 0 Å². The average molecular weight is 605 g/mol. The Morgan fingerprint density at radius 2 is 0.750 bits per heavy atom. The van der Waals surface area contributed by atoms with E-state index in [-0.39, 0.29) is 11.8 Å². The maximum absolute atomic E-state index is 13.2. The van der Waals surface area contributed by atoms with Crippen molar-refractivity contribution in [3.8, 4) is 0 Å². The van der Waals surface area contributed by atoms with Gasteiger partial charge in [0.1, 0.15) is 0 Å². The van der Waals surface area contributed by atoms with Gasteiger partial charge in [0.05, 0.1) is 22.5 Å². The van der Waals surface area contributed by atoms with Gasteiger partial charge in [-0.25, -0.2) is 0 Å². The second-order valence-corrected chi connectivity index (χ2v) is 13.0. The molecular formula is C38H24N2O2S2. The molecule has 2 amide bonds. The van der Waals surface area contributed by atoms with Crippen molar-refractivity contribution >= 4 is 68.3 Å². The summed E-state index contributed by atoms with van der Waals surface area (Å²) in [4.78, 5) is 30.8. The number of nitrogens with one attached hydrogen (secondary N) is 2. The minimum atomic E-state index is -0.271. The molecular weight excluding hydrogens is 581 g/mol. The summed E-state index contributed by atoms with van der Waals surface area (Å²) in [5.41, 5.74) is 3.48. The first-order valence-corrected chi connectivity index (χ1v) is 15.9. The quantitative estimate of drug-likeness (QED) is 0.200. The van der Waals surface area contributed by atoms with Crippen molar-refractivity contribution in [1.82, 2.24) is 10.6 Å². The van der Waals surface area contributed by atoms with Gasteiger partial charge in [-0.3, -0.25) is 9.59 Å². The van der Waals surface area contributed by atoms with E-state index >= 15 is 0 Å². The summed E-state index contributed by atoms with van der Waals surface area (Å²) in [5.74, 6) is -0.542. The van der Waals surface area contributed by atoms with Crippen LogP contribution in [0.25, 0.3) is 32.9 Å². The molecule has 44 heavy (non-hydrogen) atoms. The zero-order valence-electron chi connectivity index (χ0n) is 23.3. The predicted octanol–water partition coefficient (Wildman–Crippen LogP) is 8.68. The molecule has 210 valence electrons. The first kappa shape index (κ1) is 26.6. The van der Waals surface area contributed by atoms with Crippen LogP contribution < -0.4 is 10.6 Å². The average Bonchev–Trinajstić information content (AvgIpc) is 3.59. The largest absolute Gasteiger partial charge is 0.321 e. The Bertz CT molecular complexity index is 2040. The molecule has 0 radical (unpaired) electrons. The lowest BCUT2D eigenvalue weighted by Crippen LogP contribution is -2.21. The van der Waals surface area contributed by atoms with E-state index in [9.17, 15) is 9.59 Å². The topological polar surface area (TPSA) is 58.2 Å². The van der Waals surface area contributed by atoms with E-state index in [0.717, 1.165) is 30.7 Å². The number of fused-ring (bicyclic) bond motifs is 3. The second kappa shape index (κ2) is 10.9. The lowest BCUT2D eigenvalue weighted by Gasteiger charge is -2.09. The molecule has 0 aromatic heterocycles. The van der Waals surface area contributed by atoms with Crippen LogP contribution in [0.15, 0.2) is 164 Å². The molecule has 0 fully saturated rings. The second-order valence-electron chi connectivity index (χ2n) is 10.7. The van der Waals surface area contributed by atoms with E-state index in [1.807, 2.05) is 72.8 Å². The number of benzene rings is 6. The Kier molecular flexibility index (Phi) is 6.59. The van der Waals surface area contributed by atoms with Gasteiger partial charge in [0, 0.05) is 19.6 Å². The van der Waals surface area contributed by atoms with Gasteiger partial charge in [-0.1, -0.05) is 108 Å². The maximum atomic E-state index is 13.2. The summed E-state index contributed by atoms with van der Waals surface area (Å²) >= 11 is 3.36. The summed E-state index contributed by atoms with van der Waals surface area (Å²) in [5, 5.41) is 10.8. The zero-order valence-corrected chi connectivity index (χ0v) is 25.0. The third kappa shape index (κ3) is 4.88. The van der Waals surface area contributed by atoms with E-state index in [0.29, 0.717) is 22.5 Å². The first-order chi connectivity index (χ1) is 21.6. The van der Waals surface area contributed by atoms with Gasteiger partial charge in [-0.05, 0) is 81.2 Å². The monoisotopic (exact) mass is 604 g/mol. The summed E-state index contributed by atoms with van der Waals surface area (Å²) in [6.07, 6.45) is 0. The van der Waals surface area contributed by atoms with Crippen LogP contribution in [0.5, 0.6) is 0 Å². The van der Waals surface area contributed by atoms with Gasteiger partial charge >= 0.3 is 0 Å². The molecule has 2 aliphatic rings. The standard InChI is InChI=1S/C38H24N2O2S2/c41-37-33-34(36(40-37)26-13-17-30(18-14-26)44-32-20-10-24-6-2-4-8-28(24)22-32)38(42)39-35(33)25-11-15-29(16-12-25)43-31-19-9-23-5-1-3-7-27(23)21-31/h1-22H,(H,39,42)(H,40,41). The third-order valence-corrected chi connectivity index (χ3v) is 9.88. The van der Waals surface area contributed by atoms with Crippen LogP contribution in [0.2, 0.25) is 0 Å². The predicted molar refractivity (Wildman–Crippen MR) is 179 cm³/mol. The smallest absolute Gasteiger partial charge is 0.258 e. The van der Waals surface area contributed by atoms with Crippen molar-refractivity contribution in [2.75, 3.05) is 0 Å². The first-order valence-electron chi connectivity index (χ1n) is 14.2. The van der Waals surface area contributed by atoms with Crippen molar-refractivity contribution in [2.24, 2.45) is 0 Å². The molecule has 4 nitrogen and oxygen atoms in total. The fourth-order valence-electron chi connectivity index (χ4n) is 5.73. The number of hydrogen-bond donors (Lipinski definition) is 2. The summed E-state index contributed by atoms with van der Waals surface area (Å²) in [6, 6.07) is 45.4. The van der Waals surface area contributed by atoms with E-state index in [2.05, 4.69) is 71.3 Å². The van der Waals surface area contributed by atoms with E-state index in [1.54, 1.807) is 23.5 Å². The van der Waals surface area contributed by atoms with Crippen molar-refractivity contribution in [1.29, 1.82) is 0 Å². The minimum absolute atomic E-state index is 0.271. The van der Waals surface area contributed by atoms with Crippen molar-refractivity contribution in [3.63, 3.8) is 0 Å². The molecule has 0 bridgehead atoms. The molecule has 2 aliphatic heterocycles. The third-order valence-electron chi connectivity index (χ3n) is 7.88. The lowest BCUT2D eigenvalue weighted by atomic mass is 10.0. The molecule has 6 aromatic rings. The SMILES string of the molecule is O=C1NC(c2ccc(Sc3ccc4ccccc4c3)cc2)=C2C(=O)NC(c3ccc(Sc4ccc5ccccc5c4)cc3)=C12. The normalized spacial score (nSPS) is 14.4. The fraction of sp³-hybridized carbons (Fsp3) is 0. The number of carbonyl (C=O) groups excluding carboxylic acids is 2. The van der Waals surface area contributed by atoms with E-state index in [4.69, 9.17) is 0 Å². The maximum Gasteiger partial charge on any atom is 0.258 e. The van der Waals surface area contributed by atoms with E-state index < -0.39 is 0 Å². The van der Waals surface area contributed by atoms with Crippen LogP contribution >= 0.6 is 23.5 Å². The molecule has 2 N–H and O–H groups in total. The van der Waals surface area contributed by atoms with E-state index in [1.165, 1.54) is 21.5 Å². The minimum Gasteiger partial charge on any atom is -0.321 e. The van der Waals surface area contributed by atoms with Crippen LogP contribution in [0.1, 0.15) is 11.1 Å². The Morgan fingerprint density at radius 1 is 0.386 bits per heavy atom. The van der Waals surface area contributed by atoms with Crippen LogP contribution in [-0.4, -0.2) is 11.8 Å². The number of amides is 2. The van der Waals surface area contributed by atoms with Gasteiger partial charge in [0.15, 0.2) is 0 Å². The number of hydrogen-bond acceptors (Lipinski definition) is 4. The van der Waals surface area contributed by atoms with Gasteiger partial charge in [0.25, 0.3) is 11.8 Å². The number of carbonyl (C=O) groups is 2. The van der Waals surface area contributed by atoms with Crippen molar-refractivity contribution in [3.05, 3.63) is 156 Å². The molecule has 0 aliphatic carbocycles. The van der Waals surface area contributed by atoms with Crippen LogP contribution in [0.3, 0.4) is 0 Å². The molecule has 0 saturated carbocycles. The Balaban J connectivity index is 1.04. The fourth-order valence-corrected chi connectivity index (χ4v) is 7.46. The molecule has 0 spiro atoms. The Morgan fingerprint density at radius 3 is 1.16 bits per heavy atom. The summed E-state index contributed by atoms with van der Waals surface area (Å²) < 4.78 is 0. The highest BCUT2D eigenvalue weighted by molar-refractivity contribution is 7.99. The van der Waals surface area contributed by atoms with Crippen molar-refractivity contribution < 1.29 is 9.59 Å². The highest BCUT2D eigenvalue weighted by atomic mass is 32.2. The Labute approximate surface area is 262 Å². The Hall–Kier alpha value is -5.04. The zero-order chi connectivity index (χ0) is 29.6. The van der Waals surface area contributed by atoms with Crippen LogP contribution in [-0.2, 0) is 9.59 Å². The highest BCUT2D eigenvalue weighted by Crippen LogP contribution is 2.39. The molecule has 0 atom stereocenters. The lowest BCUT2D eigenvalue weighted by molar-refractivity contribution is -0.117. The number of rotatable bonds is 6. The van der Waals surface area contributed by atoms with Gasteiger partial charge in [0.2, 0.25) is 0 Å². The van der Waals surface area contributed by atoms with Gasteiger partial charge < -0.3 is 10.6 Å². The molecule has 0 saturated heterocycles. The molecule has 2 heterocycles.